The van der Waals surface area contributed by atoms with Gasteiger partial charge in [-0.05, 0) is 48.4 Å². The Morgan fingerprint density at radius 2 is 1.79 bits per heavy atom. The van der Waals surface area contributed by atoms with Crippen molar-refractivity contribution in [2.45, 2.75) is 6.42 Å². The first kappa shape index (κ1) is 20.6. The lowest BCUT2D eigenvalue weighted by atomic mass is 10.1. The van der Waals surface area contributed by atoms with E-state index in [1.54, 1.807) is 36.8 Å². The number of carbonyl (C=O) groups excluding carboxylic acids is 2. The van der Waals surface area contributed by atoms with E-state index >= 15 is 0 Å². The molecule has 29 heavy (non-hydrogen) atoms. The number of urea groups is 1. The number of nitrogens with zero attached hydrogens (tertiary/aromatic N) is 1. The van der Waals surface area contributed by atoms with Crippen LogP contribution in [-0.2, 0) is 6.42 Å². The molecule has 3 aromatic rings. The maximum Gasteiger partial charge on any atom is 0.325 e. The summed E-state index contributed by atoms with van der Waals surface area (Å²) in [7, 11) is 1.62. The molecule has 3 rings (SSSR count). The van der Waals surface area contributed by atoms with Gasteiger partial charge in [0.15, 0.2) is 5.13 Å². The lowest BCUT2D eigenvalue weighted by Gasteiger charge is -2.06. The molecule has 0 atom stereocenters. The van der Waals surface area contributed by atoms with Crippen LogP contribution in [0.4, 0.5) is 15.6 Å². The predicted octanol–water partition coefficient (Wildman–Crippen LogP) is 4.42. The molecule has 9 heteroatoms. The highest BCUT2D eigenvalue weighted by molar-refractivity contribution is 7.14. The molecule has 7 nitrogen and oxygen atoms in total. The molecule has 0 spiro atoms. The molecule has 0 saturated carbocycles. The zero-order valence-corrected chi connectivity index (χ0v) is 17.1. The number of aromatic nitrogens is 1. The first-order chi connectivity index (χ1) is 14.0. The van der Waals surface area contributed by atoms with Gasteiger partial charge in [-0.1, -0.05) is 23.7 Å². The van der Waals surface area contributed by atoms with Gasteiger partial charge in [0, 0.05) is 22.6 Å². The molecule has 2 aromatic carbocycles. The van der Waals surface area contributed by atoms with Crippen molar-refractivity contribution >= 4 is 45.7 Å². The van der Waals surface area contributed by atoms with E-state index in [-0.39, 0.29) is 11.6 Å². The molecule has 0 aliphatic carbocycles. The van der Waals surface area contributed by atoms with Crippen LogP contribution in [0.3, 0.4) is 0 Å². The molecule has 0 aliphatic heterocycles. The minimum Gasteiger partial charge on any atom is -0.497 e. The highest BCUT2D eigenvalue weighted by atomic mass is 35.5. The third-order valence-corrected chi connectivity index (χ3v) is 4.93. The number of amides is 3. The van der Waals surface area contributed by atoms with E-state index < -0.39 is 6.03 Å². The molecule has 0 fully saturated rings. The number of nitrogens with one attached hydrogen (secondary N) is 3. The van der Waals surface area contributed by atoms with Gasteiger partial charge in [0.1, 0.15) is 11.4 Å². The van der Waals surface area contributed by atoms with Crippen molar-refractivity contribution in [3.05, 3.63) is 70.2 Å². The predicted molar refractivity (Wildman–Crippen MR) is 115 cm³/mol. The van der Waals surface area contributed by atoms with Gasteiger partial charge in [0.2, 0.25) is 0 Å². The Bertz CT molecular complexity index is 974. The molecular formula is C20H19ClN4O3S. The lowest BCUT2D eigenvalue weighted by molar-refractivity contribution is 0.0950. The highest BCUT2D eigenvalue weighted by Crippen LogP contribution is 2.17. The summed E-state index contributed by atoms with van der Waals surface area (Å²) in [6.07, 6.45) is 0.689. The van der Waals surface area contributed by atoms with Crippen LogP contribution in [0.15, 0.2) is 53.9 Å². The largest absolute Gasteiger partial charge is 0.497 e. The quantitative estimate of drug-likeness (QED) is 0.517. The second kappa shape index (κ2) is 9.90. The summed E-state index contributed by atoms with van der Waals surface area (Å²) >= 11 is 6.99. The molecule has 150 valence electrons. The van der Waals surface area contributed by atoms with Gasteiger partial charge in [0.25, 0.3) is 5.91 Å². The number of hydrogen-bond donors (Lipinski definition) is 3. The van der Waals surface area contributed by atoms with Crippen LogP contribution in [0.5, 0.6) is 5.75 Å². The van der Waals surface area contributed by atoms with Crippen LogP contribution in [-0.4, -0.2) is 30.6 Å². The van der Waals surface area contributed by atoms with Crippen LogP contribution in [0, 0.1) is 0 Å². The summed E-state index contributed by atoms with van der Waals surface area (Å²) in [5.41, 5.74) is 1.94. The number of halogens is 1. The van der Waals surface area contributed by atoms with E-state index in [0.717, 1.165) is 11.3 Å². The van der Waals surface area contributed by atoms with E-state index in [9.17, 15) is 9.59 Å². The zero-order chi connectivity index (χ0) is 20.6. The Hall–Kier alpha value is -3.10. The van der Waals surface area contributed by atoms with E-state index in [0.29, 0.717) is 28.8 Å². The van der Waals surface area contributed by atoms with Crippen molar-refractivity contribution in [2.75, 3.05) is 24.3 Å². The first-order valence-corrected chi connectivity index (χ1v) is 9.99. The van der Waals surface area contributed by atoms with Gasteiger partial charge in [-0.15, -0.1) is 11.3 Å². The molecule has 0 aliphatic rings. The molecule has 0 saturated heterocycles. The second-order valence-corrected chi connectivity index (χ2v) is 7.27. The number of hydrogen-bond acceptors (Lipinski definition) is 5. The maximum atomic E-state index is 12.2. The number of anilines is 2. The fraction of sp³-hybridized carbons (Fsp3) is 0.150. The van der Waals surface area contributed by atoms with Gasteiger partial charge < -0.3 is 15.4 Å². The van der Waals surface area contributed by atoms with Crippen molar-refractivity contribution in [1.29, 1.82) is 0 Å². The van der Waals surface area contributed by atoms with Gasteiger partial charge in [0.05, 0.1) is 7.11 Å². The van der Waals surface area contributed by atoms with Crippen LogP contribution in [0.1, 0.15) is 16.1 Å². The van der Waals surface area contributed by atoms with E-state index in [4.69, 9.17) is 16.3 Å². The van der Waals surface area contributed by atoms with Gasteiger partial charge in [-0.25, -0.2) is 9.78 Å². The van der Waals surface area contributed by atoms with E-state index in [2.05, 4.69) is 20.9 Å². The van der Waals surface area contributed by atoms with Crippen LogP contribution in [0.25, 0.3) is 0 Å². The number of thiazole rings is 1. The Morgan fingerprint density at radius 1 is 1.07 bits per heavy atom. The van der Waals surface area contributed by atoms with Crippen molar-refractivity contribution in [2.24, 2.45) is 0 Å². The van der Waals surface area contributed by atoms with Gasteiger partial charge in [-0.2, -0.15) is 0 Å². The topological polar surface area (TPSA) is 92.4 Å². The average molecular weight is 431 g/mol. The van der Waals surface area contributed by atoms with Crippen molar-refractivity contribution < 1.29 is 14.3 Å². The Balaban J connectivity index is 1.46. The number of ether oxygens (including phenoxy) is 1. The normalized spacial score (nSPS) is 10.3. The monoisotopic (exact) mass is 430 g/mol. The SMILES string of the molecule is COc1ccc(CCNC(=O)c2csc(NC(=O)Nc3ccc(Cl)cc3)n2)cc1. The summed E-state index contributed by atoms with van der Waals surface area (Å²) in [5, 5.41) is 10.6. The van der Waals surface area contributed by atoms with Crippen molar-refractivity contribution in [3.8, 4) is 5.75 Å². The van der Waals surface area contributed by atoms with Crippen molar-refractivity contribution in [3.63, 3.8) is 0 Å². The summed E-state index contributed by atoms with van der Waals surface area (Å²) in [4.78, 5) is 28.4. The molecular weight excluding hydrogens is 412 g/mol. The smallest absolute Gasteiger partial charge is 0.325 e. The molecule has 3 amide bonds. The molecule has 0 radical (unpaired) electrons. The van der Waals surface area contributed by atoms with Crippen LogP contribution in [0.2, 0.25) is 5.02 Å². The Kier molecular flexibility index (Phi) is 7.04. The lowest BCUT2D eigenvalue weighted by Crippen LogP contribution is -2.26. The van der Waals surface area contributed by atoms with Crippen LogP contribution < -0.4 is 20.7 Å². The van der Waals surface area contributed by atoms with Gasteiger partial charge in [-0.3, -0.25) is 10.1 Å². The minimum atomic E-state index is -0.451. The summed E-state index contributed by atoms with van der Waals surface area (Å²) in [5.74, 6) is 0.501. The number of benzene rings is 2. The first-order valence-electron chi connectivity index (χ1n) is 8.74. The molecule has 0 bridgehead atoms. The summed E-state index contributed by atoms with van der Waals surface area (Å²) < 4.78 is 5.12. The van der Waals surface area contributed by atoms with Crippen LogP contribution >= 0.6 is 22.9 Å². The standard InChI is InChI=1S/C20H19ClN4O3S/c1-28-16-8-2-13(3-9-16)10-11-22-18(26)17-12-29-20(24-17)25-19(27)23-15-6-4-14(21)5-7-15/h2-9,12H,10-11H2,1H3,(H,22,26)(H2,23,24,25,27). The highest BCUT2D eigenvalue weighted by Gasteiger charge is 2.12. The number of methoxy groups -OCH3 is 1. The van der Waals surface area contributed by atoms with Gasteiger partial charge >= 0.3 is 6.03 Å². The minimum absolute atomic E-state index is 0.256. The third-order valence-electron chi connectivity index (χ3n) is 3.92. The molecule has 0 unspecified atom stereocenters. The molecule has 3 N–H and O–H groups in total. The summed E-state index contributed by atoms with van der Waals surface area (Å²) in [6.45, 7) is 0.475. The van der Waals surface area contributed by atoms with E-state index in [1.165, 1.54) is 11.3 Å². The van der Waals surface area contributed by atoms with E-state index in [1.807, 2.05) is 24.3 Å². The fourth-order valence-corrected chi connectivity index (χ4v) is 3.24. The molecule has 1 aromatic heterocycles. The summed E-state index contributed by atoms with van der Waals surface area (Å²) in [6, 6.07) is 13.9. The van der Waals surface area contributed by atoms with Crippen molar-refractivity contribution in [1.82, 2.24) is 10.3 Å². The zero-order valence-electron chi connectivity index (χ0n) is 15.6. The third kappa shape index (κ3) is 6.20. The Morgan fingerprint density at radius 3 is 2.48 bits per heavy atom. The Labute approximate surface area is 177 Å². The maximum absolute atomic E-state index is 12.2. The second-order valence-electron chi connectivity index (χ2n) is 5.98. The number of rotatable bonds is 7. The fourth-order valence-electron chi connectivity index (χ4n) is 2.43. The molecule has 1 heterocycles. The average Bonchev–Trinajstić information content (AvgIpc) is 3.18. The number of carbonyl (C=O) groups is 2.